The van der Waals surface area contributed by atoms with E-state index in [9.17, 15) is 48.3 Å². The lowest BCUT2D eigenvalue weighted by molar-refractivity contribution is -0.143. The number of hydrogen-bond donors (Lipinski definition) is 4. The number of nitrogens with zero attached hydrogens (tertiary/aromatic N) is 2. The third kappa shape index (κ3) is 59.6. The largest absolute Gasteiger partial charge is 0.444 e. The fraction of sp³-hybridized carbons (Fsp3) is 0.901. The van der Waals surface area contributed by atoms with E-state index in [4.69, 9.17) is 9.47 Å². The molecule has 644 valence electrons. The summed E-state index contributed by atoms with van der Waals surface area (Å²) in [5.74, 6) is 8.97. The number of ketones is 6. The van der Waals surface area contributed by atoms with Crippen LogP contribution in [-0.2, 0) is 43.0 Å². The maximum atomic E-state index is 12.1. The quantitative estimate of drug-likeness (QED) is 0.119. The van der Waals surface area contributed by atoms with Crippen molar-refractivity contribution in [3.63, 3.8) is 0 Å². The Kier molecular flexibility index (Phi) is 76.8. The van der Waals surface area contributed by atoms with E-state index in [0.29, 0.717) is 78.7 Å². The van der Waals surface area contributed by atoms with E-state index < -0.39 is 29.0 Å². The second kappa shape index (κ2) is 70.7. The summed E-state index contributed by atoms with van der Waals surface area (Å²) in [6.45, 7) is 59.5. The van der Waals surface area contributed by atoms with Crippen molar-refractivity contribution in [2.45, 2.75) is 397 Å². The number of Topliss-reactive ketones (excluding diaryl/α,β-unsaturated/α-hetero) is 6. The van der Waals surface area contributed by atoms with Crippen LogP contribution in [0.3, 0.4) is 0 Å². The summed E-state index contributed by atoms with van der Waals surface area (Å²) in [6.07, 6.45) is 29.5. The molecule has 7 saturated carbocycles. The van der Waals surface area contributed by atoms with Crippen LogP contribution < -0.4 is 16.0 Å². The van der Waals surface area contributed by atoms with Crippen molar-refractivity contribution >= 4 is 52.8 Å². The van der Waals surface area contributed by atoms with Crippen molar-refractivity contribution < 1.29 is 57.7 Å². The predicted octanol–water partition coefficient (Wildman–Crippen LogP) is 22.4. The summed E-state index contributed by atoms with van der Waals surface area (Å²) in [6, 6.07) is 0. The molecule has 3 amide bonds. The molecule has 0 heterocycles. The van der Waals surface area contributed by atoms with Crippen LogP contribution in [0.25, 0.3) is 0 Å². The zero-order valence-corrected chi connectivity index (χ0v) is 77.5. The van der Waals surface area contributed by atoms with Crippen molar-refractivity contribution in [1.29, 1.82) is 0 Å². The summed E-state index contributed by atoms with van der Waals surface area (Å²) in [7, 11) is 8.49. The average molecular weight is 1540 g/mol. The molecule has 4 N–H and O–H groups in total. The van der Waals surface area contributed by atoms with Gasteiger partial charge in [-0.15, -0.1) is 0 Å². The highest BCUT2D eigenvalue weighted by atomic mass is 16.6. The number of nitrogens with one attached hydrogen (secondary N) is 3. The SMILES string of the molecule is CC.CC.CC.CC.CC.CC.CC.CC(=O)C1CCC(C)CC1.CC(=O)C1CCC(C)CC1.CC1CCC(C(=O)CN(C)C(=O)OC(C)(C)C)CC1.CC1CCC(C(=O)CN(C)C(=O)OC(C)(C)C)CC1.CNC(=O)C1(O)CCC(C)CC1.CNCC(=O)C1CCC(C)CC1.CNCC(=O)C1CCC(C)CC1. The average Bonchev–Trinajstić information content (AvgIpc) is 0.838. The standard InChI is InChI=1S/2C15H27NO3.2C10H19NO.C9H17NO2.2C9H16O.7C2H6/c2*1-11-6-8-12(9-7-11)13(17)10-16(5)14(18)19-15(2,3)4;2*1-8-3-5-9(6-4-8)10(12)7-11-2;1-7-3-5-9(12,6-4-7)8(11)10-2;2*1-7-3-5-9(6-4-7)8(2)10;7*1-2/h2*11-12H,6-10H2,1-5H3;2*8-9,11H,3-7H2,1-2H3;7,12H,3-6H2,1-2H3,(H,10,11);2*7,9H,3-6H2,1-2H3;7*1-2H3. The maximum absolute atomic E-state index is 12.1. The van der Waals surface area contributed by atoms with Crippen molar-refractivity contribution in [2.24, 2.45) is 76.9 Å². The molecule has 0 bridgehead atoms. The molecule has 0 aliphatic heterocycles. The molecular formula is C91H183N5O12. The van der Waals surface area contributed by atoms with Crippen LogP contribution in [-0.4, -0.2) is 146 Å². The van der Waals surface area contributed by atoms with Gasteiger partial charge in [0.1, 0.15) is 39.9 Å². The fourth-order valence-electron chi connectivity index (χ4n) is 13.5. The number of likely N-dealkylation sites (N-methyl/N-ethyl adjacent to an activating group) is 5. The maximum Gasteiger partial charge on any atom is 0.410 e. The van der Waals surface area contributed by atoms with E-state index in [1.165, 1.54) is 61.2 Å². The van der Waals surface area contributed by atoms with Gasteiger partial charge in [-0.25, -0.2) is 9.59 Å². The van der Waals surface area contributed by atoms with Crippen LogP contribution in [0.15, 0.2) is 0 Å². The summed E-state index contributed by atoms with van der Waals surface area (Å²) in [5.41, 5.74) is -2.12. The van der Waals surface area contributed by atoms with Gasteiger partial charge in [-0.05, 0) is 214 Å². The smallest absolute Gasteiger partial charge is 0.410 e. The Bertz CT molecular complexity index is 2070. The minimum absolute atomic E-state index is 0.126. The number of hydrogen-bond acceptors (Lipinski definition) is 14. The van der Waals surface area contributed by atoms with Gasteiger partial charge in [0.2, 0.25) is 0 Å². The molecule has 0 radical (unpaired) electrons. The second-order valence-corrected chi connectivity index (χ2v) is 32.4. The normalized spacial score (nSPS) is 25.8. The van der Waals surface area contributed by atoms with Crippen LogP contribution in [0.5, 0.6) is 0 Å². The third-order valence-corrected chi connectivity index (χ3v) is 20.7. The number of ether oxygens (including phenoxy) is 2. The second-order valence-electron chi connectivity index (χ2n) is 32.4. The molecule has 0 aromatic heterocycles. The Morgan fingerprint density at radius 2 is 0.519 bits per heavy atom. The van der Waals surface area contributed by atoms with Gasteiger partial charge < -0.3 is 40.3 Å². The highest BCUT2D eigenvalue weighted by Gasteiger charge is 2.38. The molecule has 0 aromatic carbocycles. The number of carbonyl (C=O) groups is 9. The van der Waals surface area contributed by atoms with Gasteiger partial charge in [-0.2, -0.15) is 0 Å². The van der Waals surface area contributed by atoms with Crippen molar-refractivity contribution in [2.75, 3.05) is 61.4 Å². The molecule has 7 fully saturated rings. The van der Waals surface area contributed by atoms with E-state index >= 15 is 0 Å². The zero-order valence-electron chi connectivity index (χ0n) is 77.5. The molecular weight excluding hydrogens is 1360 g/mol. The number of aliphatic hydroxyl groups is 1. The molecule has 17 heteroatoms. The molecule has 17 nitrogen and oxygen atoms in total. The third-order valence-electron chi connectivity index (χ3n) is 20.7. The highest BCUT2D eigenvalue weighted by molar-refractivity contribution is 5.87. The van der Waals surface area contributed by atoms with Crippen LogP contribution in [0.2, 0.25) is 0 Å². The molecule has 108 heavy (non-hydrogen) atoms. The summed E-state index contributed by atoms with van der Waals surface area (Å²) in [5, 5.41) is 18.2. The van der Waals surface area contributed by atoms with E-state index in [-0.39, 0.29) is 42.4 Å². The Balaban J connectivity index is -0.000000217. The Hall–Kier alpha value is -4.09. The summed E-state index contributed by atoms with van der Waals surface area (Å²) >= 11 is 0. The van der Waals surface area contributed by atoms with Crippen LogP contribution in [0, 0.1) is 76.9 Å². The zero-order chi connectivity index (χ0) is 85.5. The fourth-order valence-corrected chi connectivity index (χ4v) is 13.5. The minimum Gasteiger partial charge on any atom is -0.444 e. The van der Waals surface area contributed by atoms with Crippen LogP contribution in [0.1, 0.15) is 381 Å². The molecule has 0 aromatic rings. The number of carbonyl (C=O) groups excluding carboxylic acids is 9. The van der Waals surface area contributed by atoms with Crippen LogP contribution in [0.4, 0.5) is 9.59 Å². The molecule has 0 spiro atoms. The minimum atomic E-state index is -1.08. The van der Waals surface area contributed by atoms with E-state index in [0.717, 1.165) is 151 Å². The first-order valence-electron chi connectivity index (χ1n) is 44.1. The summed E-state index contributed by atoms with van der Waals surface area (Å²) < 4.78 is 10.5. The lowest BCUT2D eigenvalue weighted by atomic mass is 9.79. The van der Waals surface area contributed by atoms with E-state index in [1.54, 1.807) is 35.0 Å². The van der Waals surface area contributed by atoms with Crippen LogP contribution >= 0.6 is 0 Å². The van der Waals surface area contributed by atoms with Gasteiger partial charge in [0, 0.05) is 56.7 Å². The Morgan fingerprint density at radius 1 is 0.333 bits per heavy atom. The molecule has 7 aliphatic carbocycles. The highest BCUT2D eigenvalue weighted by Crippen LogP contribution is 2.35. The topological polar surface area (TPSA) is 235 Å². The van der Waals surface area contributed by atoms with Gasteiger partial charge in [-0.3, -0.25) is 33.6 Å². The number of amides is 3. The van der Waals surface area contributed by atoms with Crippen molar-refractivity contribution in [3.8, 4) is 0 Å². The lowest BCUT2D eigenvalue weighted by Crippen LogP contribution is -2.47. The van der Waals surface area contributed by atoms with Crippen molar-refractivity contribution in [1.82, 2.24) is 25.8 Å². The van der Waals surface area contributed by atoms with Gasteiger partial charge in [-0.1, -0.05) is 222 Å². The molecule has 7 aliphatic rings. The predicted molar refractivity (Wildman–Crippen MR) is 460 cm³/mol. The van der Waals surface area contributed by atoms with Gasteiger partial charge >= 0.3 is 12.2 Å². The Morgan fingerprint density at radius 3 is 0.694 bits per heavy atom. The first-order chi connectivity index (χ1) is 50.8. The van der Waals surface area contributed by atoms with Gasteiger partial charge in [0.05, 0.1) is 26.2 Å². The number of rotatable bonds is 15. The Labute approximate surface area is 668 Å². The summed E-state index contributed by atoms with van der Waals surface area (Å²) in [4.78, 5) is 107. The van der Waals surface area contributed by atoms with E-state index in [2.05, 4.69) is 64.4 Å². The molecule has 7 rings (SSSR count). The van der Waals surface area contributed by atoms with Crippen molar-refractivity contribution in [3.05, 3.63) is 0 Å². The van der Waals surface area contributed by atoms with Gasteiger partial charge in [0.15, 0.2) is 11.6 Å². The molecule has 0 unspecified atom stereocenters. The monoisotopic (exact) mass is 1540 g/mol. The first-order valence-corrected chi connectivity index (χ1v) is 44.1. The first kappa shape index (κ1) is 117. The van der Waals surface area contributed by atoms with E-state index in [1.807, 2.05) is 153 Å². The molecule has 0 atom stereocenters. The van der Waals surface area contributed by atoms with Gasteiger partial charge in [0.25, 0.3) is 5.91 Å². The lowest BCUT2D eigenvalue weighted by Gasteiger charge is -2.32. The molecule has 0 saturated heterocycles.